The number of rotatable bonds is 9. The van der Waals surface area contributed by atoms with E-state index < -0.39 is 0 Å². The van der Waals surface area contributed by atoms with Gasteiger partial charge in [-0.25, -0.2) is 14.0 Å². The summed E-state index contributed by atoms with van der Waals surface area (Å²) >= 11 is 3.61. The fourth-order valence-corrected chi connectivity index (χ4v) is 8.10. The van der Waals surface area contributed by atoms with Gasteiger partial charge >= 0.3 is 11.9 Å². The van der Waals surface area contributed by atoms with Crippen LogP contribution in [0.1, 0.15) is 91.9 Å². The topological polar surface area (TPSA) is 88.2 Å². The summed E-state index contributed by atoms with van der Waals surface area (Å²) in [7, 11) is 6.83. The second kappa shape index (κ2) is 15.5. The first kappa shape index (κ1) is 37.3. The van der Waals surface area contributed by atoms with Gasteiger partial charge in [-0.15, -0.1) is 0 Å². The molecule has 2 aliphatic rings. The van der Waals surface area contributed by atoms with Crippen molar-refractivity contribution in [2.45, 2.75) is 50.4 Å². The number of hydrogen-bond acceptors (Lipinski definition) is 6. The highest BCUT2D eigenvalue weighted by molar-refractivity contribution is 9.10. The van der Waals surface area contributed by atoms with Crippen LogP contribution in [-0.2, 0) is 36.4 Å². The van der Waals surface area contributed by atoms with E-state index in [1.807, 2.05) is 55.5 Å². The summed E-state index contributed by atoms with van der Waals surface area (Å²) in [6, 6.07) is 23.1. The zero-order valence-electron chi connectivity index (χ0n) is 31.8. The van der Waals surface area contributed by atoms with Crippen molar-refractivity contribution in [3.63, 3.8) is 0 Å². The molecular weight excluding hydrogens is 771 g/mol. The van der Waals surface area contributed by atoms with Gasteiger partial charge in [-0.05, 0) is 130 Å². The Labute approximate surface area is 333 Å². The Kier molecular flexibility index (Phi) is 10.3. The molecule has 3 aromatic carbocycles. The molecule has 7 aromatic rings. The van der Waals surface area contributed by atoms with Gasteiger partial charge in [0.1, 0.15) is 5.82 Å². The molecule has 0 radical (unpaired) electrons. The van der Waals surface area contributed by atoms with Crippen molar-refractivity contribution in [1.82, 2.24) is 19.1 Å². The third-order valence-corrected chi connectivity index (χ3v) is 11.5. The molecule has 0 amide bonds. The van der Waals surface area contributed by atoms with Gasteiger partial charge in [-0.3, -0.25) is 9.97 Å². The number of fused-ring (bicyclic) bond motifs is 2. The minimum Gasteiger partial charge on any atom is -0.465 e. The first-order valence-corrected chi connectivity index (χ1v) is 19.6. The molecule has 0 aliphatic heterocycles. The average Bonchev–Trinajstić information content (AvgIpc) is 4.15. The zero-order valence-corrected chi connectivity index (χ0v) is 33.4. The molecule has 284 valence electrons. The van der Waals surface area contributed by atoms with Crippen LogP contribution >= 0.6 is 15.9 Å². The molecule has 0 bridgehead atoms. The lowest BCUT2D eigenvalue weighted by Gasteiger charge is -2.10. The number of aromatic nitrogens is 4. The fraction of sp³-hybridized carbons (Fsp3) is 0.261. The summed E-state index contributed by atoms with van der Waals surface area (Å²) in [4.78, 5) is 33.8. The van der Waals surface area contributed by atoms with Crippen LogP contribution in [0.4, 0.5) is 4.39 Å². The van der Waals surface area contributed by atoms with Gasteiger partial charge in [0.2, 0.25) is 0 Å². The molecule has 4 heterocycles. The molecule has 0 saturated heterocycles. The maximum Gasteiger partial charge on any atom is 0.339 e. The SMILES string of the molecule is COC(=O)c1cc(C2CC2)cnc1Cc1ccc2c(c1)c(-c1cccc(F)c1)cn2C.COC(=O)c1cc(C2CC2)cnc1Cc1ccc2c(c1)c(Br)cn2C. The van der Waals surface area contributed by atoms with Crippen LogP contribution in [0, 0.1) is 5.82 Å². The summed E-state index contributed by atoms with van der Waals surface area (Å²) in [5, 5.41) is 2.20. The van der Waals surface area contributed by atoms with E-state index >= 15 is 0 Å². The largest absolute Gasteiger partial charge is 0.465 e. The van der Waals surface area contributed by atoms with Crippen molar-refractivity contribution >= 4 is 49.7 Å². The van der Waals surface area contributed by atoms with Crippen LogP contribution < -0.4 is 0 Å². The average molecular weight is 814 g/mol. The normalized spacial score (nSPS) is 13.8. The number of halogens is 2. The number of carbonyl (C=O) groups is 2. The highest BCUT2D eigenvalue weighted by Crippen LogP contribution is 2.41. The molecular formula is C46H42BrFN4O4. The molecule has 0 atom stereocenters. The molecule has 10 heteroatoms. The monoisotopic (exact) mass is 812 g/mol. The number of ether oxygens (including phenoxy) is 2. The van der Waals surface area contributed by atoms with Crippen molar-refractivity contribution in [3.8, 4) is 11.1 Å². The summed E-state index contributed by atoms with van der Waals surface area (Å²) in [5.41, 5.74) is 11.0. The number of carbonyl (C=O) groups excluding carboxylic acids is 2. The Morgan fingerprint density at radius 1 is 0.714 bits per heavy atom. The Hall–Kier alpha value is -5.61. The summed E-state index contributed by atoms with van der Waals surface area (Å²) in [5.74, 6) is 0.146. The third-order valence-electron chi connectivity index (χ3n) is 10.8. The molecule has 9 rings (SSSR count). The third kappa shape index (κ3) is 7.75. The molecule has 2 aliphatic carbocycles. The van der Waals surface area contributed by atoms with Crippen LogP contribution in [-0.4, -0.2) is 45.3 Å². The second-order valence-electron chi connectivity index (χ2n) is 14.9. The molecule has 4 aromatic heterocycles. The lowest BCUT2D eigenvalue weighted by atomic mass is 9.99. The van der Waals surface area contributed by atoms with E-state index in [1.165, 1.54) is 38.6 Å². The second-order valence-corrected chi connectivity index (χ2v) is 15.7. The highest BCUT2D eigenvalue weighted by atomic mass is 79.9. The van der Waals surface area contributed by atoms with Gasteiger partial charge in [0, 0.05) is 83.6 Å². The number of nitrogens with zero attached hydrogens (tertiary/aromatic N) is 4. The van der Waals surface area contributed by atoms with Gasteiger partial charge in [0.15, 0.2) is 0 Å². The Morgan fingerprint density at radius 3 is 1.75 bits per heavy atom. The Balaban J connectivity index is 0.000000161. The first-order valence-electron chi connectivity index (χ1n) is 18.8. The van der Waals surface area contributed by atoms with Gasteiger partial charge in [-0.2, -0.15) is 0 Å². The number of benzene rings is 3. The van der Waals surface area contributed by atoms with Crippen LogP contribution in [0.2, 0.25) is 0 Å². The van der Waals surface area contributed by atoms with Crippen molar-refractivity contribution in [2.24, 2.45) is 14.1 Å². The molecule has 0 spiro atoms. The van der Waals surface area contributed by atoms with Gasteiger partial charge in [0.25, 0.3) is 0 Å². The van der Waals surface area contributed by atoms with E-state index in [4.69, 9.17) is 9.47 Å². The van der Waals surface area contributed by atoms with E-state index in [-0.39, 0.29) is 17.8 Å². The number of hydrogen-bond donors (Lipinski definition) is 0. The highest BCUT2D eigenvalue weighted by Gasteiger charge is 2.27. The lowest BCUT2D eigenvalue weighted by Crippen LogP contribution is -2.09. The van der Waals surface area contributed by atoms with Crippen molar-refractivity contribution < 1.29 is 23.5 Å². The van der Waals surface area contributed by atoms with Gasteiger partial charge in [0.05, 0.1) is 36.7 Å². The smallest absolute Gasteiger partial charge is 0.339 e. The zero-order chi connectivity index (χ0) is 39.1. The maximum atomic E-state index is 13.8. The van der Waals surface area contributed by atoms with Crippen LogP contribution in [0.3, 0.4) is 0 Å². The Bertz CT molecular complexity index is 2640. The maximum absolute atomic E-state index is 13.8. The quantitative estimate of drug-likeness (QED) is 0.135. The van der Waals surface area contributed by atoms with E-state index in [0.29, 0.717) is 41.5 Å². The number of pyridine rings is 2. The van der Waals surface area contributed by atoms with Gasteiger partial charge in [-0.1, -0.05) is 24.3 Å². The summed E-state index contributed by atoms with van der Waals surface area (Å²) in [6.45, 7) is 0. The molecule has 0 unspecified atom stereocenters. The standard InChI is InChI=1S/C26H23FN2O2.C20H19BrN2O2/c1-29-15-23(18-4-3-5-20(27)12-18)21-10-16(6-9-25(21)29)11-24-22(26(30)31-2)13-19(14-28-24)17-7-8-17;1-23-11-17(21)15-7-12(3-6-19(15)23)8-18-16(20(24)25-2)9-14(10-22-18)13-4-5-13/h3-6,9-10,12-15,17H,7-8,11H2,1-2H3;3,6-7,9-11,13H,4-5,8H2,1-2H3. The van der Waals surface area contributed by atoms with Crippen molar-refractivity contribution in [2.75, 3.05) is 14.2 Å². The van der Waals surface area contributed by atoms with E-state index in [2.05, 4.69) is 73.1 Å². The summed E-state index contributed by atoms with van der Waals surface area (Å²) in [6.07, 6.45) is 13.7. The van der Waals surface area contributed by atoms with Crippen LogP contribution in [0.15, 0.2) is 102 Å². The predicted molar refractivity (Wildman–Crippen MR) is 220 cm³/mol. The first-order chi connectivity index (χ1) is 27.1. The molecule has 0 N–H and O–H groups in total. The van der Waals surface area contributed by atoms with Crippen molar-refractivity contribution in [1.29, 1.82) is 0 Å². The molecule has 2 saturated carbocycles. The van der Waals surface area contributed by atoms with E-state index in [9.17, 15) is 14.0 Å². The number of methoxy groups -OCH3 is 2. The Morgan fingerprint density at radius 2 is 1.23 bits per heavy atom. The molecule has 2 fully saturated rings. The van der Waals surface area contributed by atoms with Crippen molar-refractivity contribution in [3.05, 3.63) is 153 Å². The van der Waals surface area contributed by atoms with Crippen LogP contribution in [0.5, 0.6) is 0 Å². The fourth-order valence-electron chi connectivity index (χ4n) is 7.48. The molecule has 56 heavy (non-hydrogen) atoms. The summed E-state index contributed by atoms with van der Waals surface area (Å²) < 4.78 is 29.0. The predicted octanol–water partition coefficient (Wildman–Crippen LogP) is 10.2. The van der Waals surface area contributed by atoms with Gasteiger partial charge < -0.3 is 18.6 Å². The number of aryl methyl sites for hydroxylation is 2. The van der Waals surface area contributed by atoms with Crippen LogP contribution in [0.25, 0.3) is 32.9 Å². The van der Waals surface area contributed by atoms with E-state index in [0.717, 1.165) is 72.7 Å². The number of esters is 2. The van der Waals surface area contributed by atoms with E-state index in [1.54, 1.807) is 12.1 Å². The minimum atomic E-state index is -0.355. The molecule has 8 nitrogen and oxygen atoms in total. The minimum absolute atomic E-state index is 0.256. The lowest BCUT2D eigenvalue weighted by molar-refractivity contribution is 0.0590.